The second-order valence-corrected chi connectivity index (χ2v) is 5.61. The summed E-state index contributed by atoms with van der Waals surface area (Å²) in [6.45, 7) is 2.89. The Morgan fingerprint density at radius 2 is 2.00 bits per heavy atom. The standard InChI is InChI=1S/C17H18N2O3S/c1-11-3-5-14(20-2)13(7-11)19-17(23)18-9-12-4-6-15-16(8-12)22-10-21-15/h3-8H,9-10H2,1-2H3,(H2,18,19,23). The monoisotopic (exact) mass is 330 g/mol. The van der Waals surface area contributed by atoms with E-state index in [1.54, 1.807) is 7.11 Å². The van der Waals surface area contributed by atoms with E-state index in [1.165, 1.54) is 0 Å². The molecule has 0 saturated carbocycles. The Bertz CT molecular complexity index is 734. The number of ether oxygens (including phenoxy) is 3. The minimum Gasteiger partial charge on any atom is -0.495 e. The van der Waals surface area contributed by atoms with E-state index >= 15 is 0 Å². The Hall–Kier alpha value is -2.47. The first kappa shape index (κ1) is 15.4. The predicted octanol–water partition coefficient (Wildman–Crippen LogP) is 3.22. The molecule has 5 nitrogen and oxygen atoms in total. The molecule has 0 aromatic heterocycles. The smallest absolute Gasteiger partial charge is 0.231 e. The number of anilines is 1. The van der Waals surface area contributed by atoms with E-state index < -0.39 is 0 Å². The van der Waals surface area contributed by atoms with Gasteiger partial charge in [-0.25, -0.2) is 0 Å². The molecule has 0 radical (unpaired) electrons. The van der Waals surface area contributed by atoms with Crippen molar-refractivity contribution in [3.05, 3.63) is 47.5 Å². The van der Waals surface area contributed by atoms with E-state index in [9.17, 15) is 0 Å². The van der Waals surface area contributed by atoms with Crippen LogP contribution in [-0.4, -0.2) is 19.0 Å². The summed E-state index contributed by atoms with van der Waals surface area (Å²) in [5, 5.41) is 6.88. The van der Waals surface area contributed by atoms with Crippen LogP contribution < -0.4 is 24.8 Å². The van der Waals surface area contributed by atoms with Gasteiger partial charge in [-0.05, 0) is 54.5 Å². The third-order valence-corrected chi connectivity index (χ3v) is 3.74. The van der Waals surface area contributed by atoms with Crippen molar-refractivity contribution in [2.75, 3.05) is 19.2 Å². The molecule has 0 saturated heterocycles. The quantitative estimate of drug-likeness (QED) is 0.840. The molecule has 2 N–H and O–H groups in total. The Balaban J connectivity index is 1.61. The molecule has 0 atom stereocenters. The first-order chi connectivity index (χ1) is 11.2. The molecule has 1 heterocycles. The molecule has 2 aromatic carbocycles. The second-order valence-electron chi connectivity index (χ2n) is 5.20. The Labute approximate surface area is 140 Å². The Kier molecular flexibility index (Phi) is 4.52. The highest BCUT2D eigenvalue weighted by atomic mass is 32.1. The fourth-order valence-corrected chi connectivity index (χ4v) is 2.50. The number of hydrogen-bond acceptors (Lipinski definition) is 4. The van der Waals surface area contributed by atoms with Crippen LogP contribution in [0, 0.1) is 6.92 Å². The normalized spacial score (nSPS) is 11.9. The maximum Gasteiger partial charge on any atom is 0.231 e. The van der Waals surface area contributed by atoms with Crippen molar-refractivity contribution >= 4 is 23.0 Å². The molecule has 0 amide bonds. The van der Waals surface area contributed by atoms with Crippen LogP contribution in [0.1, 0.15) is 11.1 Å². The van der Waals surface area contributed by atoms with Crippen molar-refractivity contribution in [1.29, 1.82) is 0 Å². The molecule has 6 heteroatoms. The van der Waals surface area contributed by atoms with Gasteiger partial charge in [-0.2, -0.15) is 0 Å². The molecule has 3 rings (SSSR count). The van der Waals surface area contributed by atoms with Gasteiger partial charge < -0.3 is 24.8 Å². The minimum absolute atomic E-state index is 0.277. The number of benzene rings is 2. The van der Waals surface area contributed by atoms with Crippen LogP contribution in [0.3, 0.4) is 0 Å². The molecule has 1 aliphatic heterocycles. The van der Waals surface area contributed by atoms with Gasteiger partial charge in [-0.15, -0.1) is 0 Å². The van der Waals surface area contributed by atoms with Gasteiger partial charge in [0.2, 0.25) is 6.79 Å². The highest BCUT2D eigenvalue weighted by Crippen LogP contribution is 2.32. The summed E-state index contributed by atoms with van der Waals surface area (Å²) in [6.07, 6.45) is 0. The molecule has 0 aliphatic carbocycles. The maximum atomic E-state index is 5.37. The van der Waals surface area contributed by atoms with E-state index in [1.807, 2.05) is 43.3 Å². The summed E-state index contributed by atoms with van der Waals surface area (Å²) in [6, 6.07) is 11.7. The molecule has 23 heavy (non-hydrogen) atoms. The van der Waals surface area contributed by atoms with Gasteiger partial charge in [-0.1, -0.05) is 12.1 Å². The molecule has 1 aliphatic rings. The molecular formula is C17H18N2O3S. The van der Waals surface area contributed by atoms with E-state index in [0.29, 0.717) is 11.7 Å². The zero-order valence-electron chi connectivity index (χ0n) is 13.0. The molecule has 0 fully saturated rings. The van der Waals surface area contributed by atoms with Crippen molar-refractivity contribution in [2.24, 2.45) is 0 Å². The van der Waals surface area contributed by atoms with Crippen LogP contribution in [0.2, 0.25) is 0 Å². The number of nitrogens with one attached hydrogen (secondary N) is 2. The van der Waals surface area contributed by atoms with Crippen molar-refractivity contribution in [3.63, 3.8) is 0 Å². The fourth-order valence-electron chi connectivity index (χ4n) is 2.32. The van der Waals surface area contributed by atoms with E-state index in [0.717, 1.165) is 34.1 Å². The summed E-state index contributed by atoms with van der Waals surface area (Å²) in [7, 11) is 1.64. The second kappa shape index (κ2) is 6.75. The largest absolute Gasteiger partial charge is 0.495 e. The molecule has 0 unspecified atom stereocenters. The molecule has 0 bridgehead atoms. The Morgan fingerprint density at radius 3 is 2.83 bits per heavy atom. The zero-order chi connectivity index (χ0) is 16.2. The first-order valence-corrected chi connectivity index (χ1v) is 7.64. The van der Waals surface area contributed by atoms with Crippen LogP contribution in [0.4, 0.5) is 5.69 Å². The number of rotatable bonds is 4. The number of thiocarbonyl (C=S) groups is 1. The number of methoxy groups -OCH3 is 1. The van der Waals surface area contributed by atoms with Gasteiger partial charge in [0.1, 0.15) is 5.75 Å². The highest BCUT2D eigenvalue weighted by Gasteiger charge is 2.13. The van der Waals surface area contributed by atoms with Crippen molar-refractivity contribution < 1.29 is 14.2 Å². The topological polar surface area (TPSA) is 51.8 Å². The van der Waals surface area contributed by atoms with Crippen LogP contribution in [-0.2, 0) is 6.54 Å². The van der Waals surface area contributed by atoms with E-state index in [4.69, 9.17) is 26.4 Å². The third-order valence-electron chi connectivity index (χ3n) is 3.49. The molecule has 2 aromatic rings. The predicted molar refractivity (Wildman–Crippen MR) is 93.4 cm³/mol. The van der Waals surface area contributed by atoms with Gasteiger partial charge in [0.05, 0.1) is 12.8 Å². The zero-order valence-corrected chi connectivity index (χ0v) is 13.8. The Morgan fingerprint density at radius 1 is 1.17 bits per heavy atom. The van der Waals surface area contributed by atoms with Gasteiger partial charge in [-0.3, -0.25) is 0 Å². The lowest BCUT2D eigenvalue weighted by Gasteiger charge is -2.14. The first-order valence-electron chi connectivity index (χ1n) is 7.24. The van der Waals surface area contributed by atoms with Gasteiger partial charge in [0, 0.05) is 6.54 Å². The fraction of sp³-hybridized carbons (Fsp3) is 0.235. The lowest BCUT2D eigenvalue weighted by atomic mass is 10.2. The summed E-state index contributed by atoms with van der Waals surface area (Å²) >= 11 is 5.35. The van der Waals surface area contributed by atoms with Gasteiger partial charge in [0.15, 0.2) is 16.6 Å². The lowest BCUT2D eigenvalue weighted by Crippen LogP contribution is -2.28. The van der Waals surface area contributed by atoms with E-state index in [-0.39, 0.29) is 6.79 Å². The van der Waals surface area contributed by atoms with E-state index in [2.05, 4.69) is 10.6 Å². The average Bonchev–Trinajstić information content (AvgIpc) is 3.01. The third kappa shape index (κ3) is 3.65. The molecular weight excluding hydrogens is 312 g/mol. The summed E-state index contributed by atoms with van der Waals surface area (Å²) in [4.78, 5) is 0. The molecule has 0 spiro atoms. The van der Waals surface area contributed by atoms with Crippen molar-refractivity contribution in [3.8, 4) is 17.2 Å². The van der Waals surface area contributed by atoms with Crippen molar-refractivity contribution in [1.82, 2.24) is 5.32 Å². The van der Waals surface area contributed by atoms with Gasteiger partial charge >= 0.3 is 0 Å². The number of aryl methyl sites for hydroxylation is 1. The highest BCUT2D eigenvalue weighted by molar-refractivity contribution is 7.80. The van der Waals surface area contributed by atoms with Gasteiger partial charge in [0.25, 0.3) is 0 Å². The lowest BCUT2D eigenvalue weighted by molar-refractivity contribution is 0.174. The number of fused-ring (bicyclic) bond motifs is 1. The minimum atomic E-state index is 0.277. The maximum absolute atomic E-state index is 5.37. The summed E-state index contributed by atoms with van der Waals surface area (Å²) in [5.74, 6) is 2.30. The average molecular weight is 330 g/mol. The summed E-state index contributed by atoms with van der Waals surface area (Å²) < 4.78 is 16.0. The van der Waals surface area contributed by atoms with Crippen LogP contribution in [0.15, 0.2) is 36.4 Å². The van der Waals surface area contributed by atoms with Crippen molar-refractivity contribution in [2.45, 2.75) is 13.5 Å². The van der Waals surface area contributed by atoms with Crippen LogP contribution >= 0.6 is 12.2 Å². The van der Waals surface area contributed by atoms with Crippen LogP contribution in [0.5, 0.6) is 17.2 Å². The summed E-state index contributed by atoms with van der Waals surface area (Å²) in [5.41, 5.74) is 3.04. The number of hydrogen-bond donors (Lipinski definition) is 2. The molecule has 120 valence electrons. The van der Waals surface area contributed by atoms with Crippen LogP contribution in [0.25, 0.3) is 0 Å². The SMILES string of the molecule is COc1ccc(C)cc1NC(=S)NCc1ccc2c(c1)OCO2.